The molecular weight excluding hydrogens is 226 g/mol. The predicted molar refractivity (Wildman–Crippen MR) is 75.0 cm³/mol. The average molecular weight is 251 g/mol. The summed E-state index contributed by atoms with van der Waals surface area (Å²) in [6.07, 6.45) is 0.346. The summed E-state index contributed by atoms with van der Waals surface area (Å²) in [6.45, 7) is 8.56. The second-order valence-corrected chi connectivity index (χ2v) is 4.99. The Morgan fingerprint density at radius 3 is 2.39 bits per heavy atom. The molecule has 1 atom stereocenters. The summed E-state index contributed by atoms with van der Waals surface area (Å²) in [5.74, 6) is 1.50. The lowest BCUT2D eigenvalue weighted by molar-refractivity contribution is 0.170. The molecule has 0 aromatic heterocycles. The lowest BCUT2D eigenvalue weighted by Gasteiger charge is -2.13. The molecule has 102 valence electrons. The smallest absolute Gasteiger partial charge is 0.119 e. The van der Waals surface area contributed by atoms with E-state index >= 15 is 0 Å². The summed E-state index contributed by atoms with van der Waals surface area (Å²) >= 11 is 0. The van der Waals surface area contributed by atoms with E-state index in [4.69, 9.17) is 4.74 Å². The highest BCUT2D eigenvalue weighted by Crippen LogP contribution is 2.13. The largest absolute Gasteiger partial charge is 0.494 e. The van der Waals surface area contributed by atoms with Crippen LogP contribution in [0.2, 0.25) is 0 Å². The number of benzene rings is 1. The van der Waals surface area contributed by atoms with E-state index in [9.17, 15) is 5.11 Å². The highest BCUT2D eigenvalue weighted by molar-refractivity contribution is 5.27. The van der Waals surface area contributed by atoms with E-state index in [-0.39, 0.29) is 6.10 Å². The molecule has 1 aromatic rings. The van der Waals surface area contributed by atoms with Crippen LogP contribution in [0.3, 0.4) is 0 Å². The fourth-order valence-corrected chi connectivity index (χ4v) is 1.77. The summed E-state index contributed by atoms with van der Waals surface area (Å²) in [5, 5.41) is 13.2. The molecular formula is C15H25NO2. The molecule has 0 saturated heterocycles. The highest BCUT2D eigenvalue weighted by Gasteiger charge is 2.05. The van der Waals surface area contributed by atoms with Crippen LogP contribution in [0.1, 0.15) is 26.3 Å². The number of hydrogen-bond donors (Lipinski definition) is 2. The average Bonchev–Trinajstić information content (AvgIpc) is 2.31. The van der Waals surface area contributed by atoms with E-state index in [1.807, 2.05) is 31.2 Å². The monoisotopic (exact) mass is 251 g/mol. The highest BCUT2D eigenvalue weighted by atomic mass is 16.5. The third kappa shape index (κ3) is 6.03. The van der Waals surface area contributed by atoms with Crippen LogP contribution in [0, 0.1) is 5.92 Å². The van der Waals surface area contributed by atoms with Crippen LogP contribution in [0.4, 0.5) is 0 Å². The molecule has 1 unspecified atom stereocenters. The minimum absolute atomic E-state index is 0.332. The Morgan fingerprint density at radius 2 is 1.83 bits per heavy atom. The standard InChI is InChI=1S/C15H25NO2/c1-4-18-15-7-5-13(6-8-15)9-14(17)11-16-10-12(2)3/h5-8,12,14,16-17H,4,9-11H2,1-3H3. The first kappa shape index (κ1) is 15.0. The first-order valence-electron chi connectivity index (χ1n) is 6.72. The molecule has 1 aromatic carbocycles. The van der Waals surface area contributed by atoms with Crippen LogP contribution in [0.15, 0.2) is 24.3 Å². The molecule has 3 nitrogen and oxygen atoms in total. The summed E-state index contributed by atoms with van der Waals surface area (Å²) in [4.78, 5) is 0. The second-order valence-electron chi connectivity index (χ2n) is 4.99. The SMILES string of the molecule is CCOc1ccc(CC(O)CNCC(C)C)cc1. The van der Waals surface area contributed by atoms with Crippen molar-refractivity contribution in [3.8, 4) is 5.75 Å². The molecule has 0 amide bonds. The van der Waals surface area contributed by atoms with Crippen LogP contribution in [0.5, 0.6) is 5.75 Å². The van der Waals surface area contributed by atoms with E-state index in [1.54, 1.807) is 0 Å². The lowest BCUT2D eigenvalue weighted by atomic mass is 10.1. The van der Waals surface area contributed by atoms with E-state index < -0.39 is 0 Å². The van der Waals surface area contributed by atoms with Gasteiger partial charge in [-0.3, -0.25) is 0 Å². The zero-order valence-corrected chi connectivity index (χ0v) is 11.6. The van der Waals surface area contributed by atoms with Gasteiger partial charge in [-0.05, 0) is 43.5 Å². The van der Waals surface area contributed by atoms with Gasteiger partial charge in [-0.15, -0.1) is 0 Å². The molecule has 18 heavy (non-hydrogen) atoms. The van der Waals surface area contributed by atoms with Gasteiger partial charge in [0.1, 0.15) is 5.75 Å². The Balaban J connectivity index is 2.32. The van der Waals surface area contributed by atoms with Gasteiger partial charge in [-0.25, -0.2) is 0 Å². The van der Waals surface area contributed by atoms with Gasteiger partial charge in [0, 0.05) is 6.54 Å². The molecule has 0 bridgehead atoms. The van der Waals surface area contributed by atoms with Gasteiger partial charge in [0.15, 0.2) is 0 Å². The summed E-state index contributed by atoms with van der Waals surface area (Å²) in [6, 6.07) is 7.92. The maximum absolute atomic E-state index is 9.89. The zero-order chi connectivity index (χ0) is 13.4. The normalized spacial score (nSPS) is 12.7. The van der Waals surface area contributed by atoms with Gasteiger partial charge in [0.25, 0.3) is 0 Å². The Morgan fingerprint density at radius 1 is 1.17 bits per heavy atom. The number of aliphatic hydroxyl groups is 1. The Kier molecular flexibility index (Phi) is 6.76. The van der Waals surface area contributed by atoms with Crippen LogP contribution in [0.25, 0.3) is 0 Å². The fraction of sp³-hybridized carbons (Fsp3) is 0.600. The molecule has 0 aliphatic rings. The molecule has 0 aliphatic heterocycles. The topological polar surface area (TPSA) is 41.5 Å². The first-order valence-corrected chi connectivity index (χ1v) is 6.72. The zero-order valence-electron chi connectivity index (χ0n) is 11.6. The molecule has 0 aliphatic carbocycles. The molecule has 0 saturated carbocycles. The minimum Gasteiger partial charge on any atom is -0.494 e. The quantitative estimate of drug-likeness (QED) is 0.744. The molecule has 0 spiro atoms. The van der Waals surface area contributed by atoms with E-state index in [2.05, 4.69) is 19.2 Å². The lowest BCUT2D eigenvalue weighted by Crippen LogP contribution is -2.30. The van der Waals surface area contributed by atoms with Crippen LogP contribution < -0.4 is 10.1 Å². The van der Waals surface area contributed by atoms with Crippen LogP contribution in [-0.2, 0) is 6.42 Å². The van der Waals surface area contributed by atoms with E-state index in [1.165, 1.54) is 0 Å². The van der Waals surface area contributed by atoms with Crippen molar-refractivity contribution in [1.29, 1.82) is 0 Å². The maximum atomic E-state index is 9.89. The predicted octanol–water partition coefficient (Wildman–Crippen LogP) is 2.23. The van der Waals surface area contributed by atoms with Crippen molar-refractivity contribution >= 4 is 0 Å². The molecule has 0 radical (unpaired) electrons. The van der Waals surface area contributed by atoms with Gasteiger partial charge in [0.05, 0.1) is 12.7 Å². The number of hydrogen-bond acceptors (Lipinski definition) is 3. The van der Waals surface area contributed by atoms with Crippen molar-refractivity contribution in [2.24, 2.45) is 5.92 Å². The van der Waals surface area contributed by atoms with Crippen molar-refractivity contribution in [2.75, 3.05) is 19.7 Å². The summed E-state index contributed by atoms with van der Waals surface area (Å²) < 4.78 is 5.38. The molecule has 0 heterocycles. The second kappa shape index (κ2) is 8.11. The van der Waals surface area contributed by atoms with Crippen molar-refractivity contribution < 1.29 is 9.84 Å². The number of ether oxygens (including phenoxy) is 1. The van der Waals surface area contributed by atoms with Gasteiger partial charge in [-0.2, -0.15) is 0 Å². The molecule has 3 heteroatoms. The Labute approximate surface area is 110 Å². The van der Waals surface area contributed by atoms with E-state index in [0.717, 1.165) is 17.9 Å². The third-order valence-electron chi connectivity index (χ3n) is 2.64. The number of rotatable bonds is 8. The third-order valence-corrected chi connectivity index (χ3v) is 2.64. The minimum atomic E-state index is -0.332. The van der Waals surface area contributed by atoms with E-state index in [0.29, 0.717) is 25.5 Å². The van der Waals surface area contributed by atoms with Gasteiger partial charge < -0.3 is 15.2 Å². The van der Waals surface area contributed by atoms with Gasteiger partial charge in [-0.1, -0.05) is 26.0 Å². The summed E-state index contributed by atoms with van der Waals surface area (Å²) in [5.41, 5.74) is 1.14. The molecule has 0 fully saturated rings. The first-order chi connectivity index (χ1) is 8.61. The fourth-order valence-electron chi connectivity index (χ4n) is 1.77. The number of aliphatic hydroxyl groups excluding tert-OH is 1. The van der Waals surface area contributed by atoms with Gasteiger partial charge in [0.2, 0.25) is 0 Å². The Hall–Kier alpha value is -1.06. The summed E-state index contributed by atoms with van der Waals surface area (Å²) in [7, 11) is 0. The molecule has 1 rings (SSSR count). The van der Waals surface area contributed by atoms with Crippen molar-refractivity contribution in [2.45, 2.75) is 33.3 Å². The van der Waals surface area contributed by atoms with Crippen LogP contribution in [-0.4, -0.2) is 30.9 Å². The maximum Gasteiger partial charge on any atom is 0.119 e. The molecule has 2 N–H and O–H groups in total. The van der Waals surface area contributed by atoms with Crippen LogP contribution >= 0.6 is 0 Å². The van der Waals surface area contributed by atoms with Crippen molar-refractivity contribution in [3.63, 3.8) is 0 Å². The Bertz CT molecular complexity index is 322. The van der Waals surface area contributed by atoms with Crippen molar-refractivity contribution in [3.05, 3.63) is 29.8 Å². The number of nitrogens with one attached hydrogen (secondary N) is 1. The van der Waals surface area contributed by atoms with Crippen molar-refractivity contribution in [1.82, 2.24) is 5.32 Å². The van der Waals surface area contributed by atoms with Gasteiger partial charge >= 0.3 is 0 Å².